The molecule has 2 unspecified atom stereocenters. The minimum Gasteiger partial charge on any atom is -0.491 e. The van der Waals surface area contributed by atoms with E-state index in [0.29, 0.717) is 11.4 Å². The molecule has 0 saturated carbocycles. The molecule has 0 aliphatic rings. The van der Waals surface area contributed by atoms with Gasteiger partial charge in [-0.1, -0.05) is 12.6 Å². The Morgan fingerprint density at radius 3 is 2.46 bits per heavy atom. The number of rotatable bonds is 9. The third kappa shape index (κ3) is 6.07. The van der Waals surface area contributed by atoms with Gasteiger partial charge in [-0.15, -0.1) is 9.24 Å². The van der Waals surface area contributed by atoms with Crippen LogP contribution in [0.4, 0.5) is 15.8 Å². The Morgan fingerprint density at radius 1 is 1.25 bits per heavy atom. The van der Waals surface area contributed by atoms with Crippen LogP contribution in [0.15, 0.2) is 54.0 Å². The number of hydrogen-bond acceptors (Lipinski definition) is 3. The van der Waals surface area contributed by atoms with E-state index in [1.165, 1.54) is 6.92 Å². The second-order valence-corrected chi connectivity index (χ2v) is 7.45. The molecule has 28 heavy (non-hydrogen) atoms. The van der Waals surface area contributed by atoms with Gasteiger partial charge >= 0.3 is 0 Å². The monoisotopic (exact) mass is 401 g/mol. The van der Waals surface area contributed by atoms with Crippen LogP contribution in [-0.2, 0) is 0 Å². The summed E-state index contributed by atoms with van der Waals surface area (Å²) >= 11 is 0. The minimum absolute atomic E-state index is 0.0541. The van der Waals surface area contributed by atoms with Gasteiger partial charge in [0.1, 0.15) is 18.5 Å². The fourth-order valence-corrected chi connectivity index (χ4v) is 3.02. The van der Waals surface area contributed by atoms with Crippen molar-refractivity contribution in [2.75, 3.05) is 23.9 Å². The van der Waals surface area contributed by atoms with Crippen molar-refractivity contribution in [1.82, 2.24) is 0 Å². The first kappa shape index (κ1) is 21.9. The second kappa shape index (κ2) is 10.2. The van der Waals surface area contributed by atoms with Crippen molar-refractivity contribution < 1.29 is 9.13 Å². The van der Waals surface area contributed by atoms with E-state index >= 15 is 0 Å². The zero-order valence-corrected chi connectivity index (χ0v) is 18.1. The van der Waals surface area contributed by atoms with Crippen molar-refractivity contribution in [2.24, 2.45) is 4.99 Å². The summed E-state index contributed by atoms with van der Waals surface area (Å²) in [6.45, 7) is 9.80. The van der Waals surface area contributed by atoms with E-state index < -0.39 is 6.17 Å². The molecular weight excluding hydrogens is 372 g/mol. The summed E-state index contributed by atoms with van der Waals surface area (Å²) in [5, 5.41) is 4.20. The number of aliphatic imine (C=N–C) groups is 1. The largest absolute Gasteiger partial charge is 0.491 e. The van der Waals surface area contributed by atoms with Crippen LogP contribution in [0.1, 0.15) is 26.3 Å². The fourth-order valence-electron chi connectivity index (χ4n) is 2.60. The SMILES string of the molecule is C=C(N=CN(c1ccc(OCC(C)F)cc1)C(C)C)c1ccc(NC)c(P)c1. The highest BCUT2D eigenvalue weighted by atomic mass is 31.0. The molecule has 0 aliphatic heterocycles. The number of ether oxygens (including phenoxy) is 1. The average molecular weight is 401 g/mol. The van der Waals surface area contributed by atoms with Crippen LogP contribution in [0.2, 0.25) is 0 Å². The van der Waals surface area contributed by atoms with Gasteiger partial charge in [-0.3, -0.25) is 0 Å². The predicted molar refractivity (Wildman–Crippen MR) is 123 cm³/mol. The number of nitrogens with one attached hydrogen (secondary N) is 1. The number of hydrogen-bond donors (Lipinski definition) is 1. The predicted octanol–water partition coefficient (Wildman–Crippen LogP) is 4.88. The average Bonchev–Trinajstić information content (AvgIpc) is 2.66. The van der Waals surface area contributed by atoms with Crippen molar-refractivity contribution in [3.63, 3.8) is 0 Å². The third-order valence-corrected chi connectivity index (χ3v) is 4.64. The molecule has 4 nitrogen and oxygen atoms in total. The molecule has 0 bridgehead atoms. The molecule has 2 aromatic carbocycles. The Balaban J connectivity index is 2.13. The number of nitrogens with zero attached hydrogens (tertiary/aromatic N) is 2. The van der Waals surface area contributed by atoms with E-state index in [0.717, 1.165) is 22.2 Å². The van der Waals surface area contributed by atoms with E-state index in [4.69, 9.17) is 4.74 Å². The highest BCUT2D eigenvalue weighted by Gasteiger charge is 2.10. The van der Waals surface area contributed by atoms with E-state index in [2.05, 4.69) is 44.9 Å². The number of alkyl halides is 1. The van der Waals surface area contributed by atoms with E-state index in [1.807, 2.05) is 49.5 Å². The van der Waals surface area contributed by atoms with Gasteiger partial charge in [-0.25, -0.2) is 9.38 Å². The van der Waals surface area contributed by atoms with Crippen LogP contribution < -0.4 is 20.3 Å². The minimum atomic E-state index is -0.991. The van der Waals surface area contributed by atoms with Crippen molar-refractivity contribution in [3.8, 4) is 5.75 Å². The number of halogens is 1. The molecule has 0 aliphatic carbocycles. The van der Waals surface area contributed by atoms with E-state index in [1.54, 1.807) is 6.34 Å². The molecule has 2 atom stereocenters. The Morgan fingerprint density at radius 2 is 1.93 bits per heavy atom. The Labute approximate surface area is 169 Å². The van der Waals surface area contributed by atoms with Crippen molar-refractivity contribution in [1.29, 1.82) is 0 Å². The zero-order chi connectivity index (χ0) is 20.7. The van der Waals surface area contributed by atoms with Gasteiger partial charge in [0.15, 0.2) is 0 Å². The summed E-state index contributed by atoms with van der Waals surface area (Å²) in [6, 6.07) is 13.8. The molecular formula is C22H29FN3OP. The van der Waals surface area contributed by atoms with Gasteiger partial charge < -0.3 is 15.0 Å². The van der Waals surface area contributed by atoms with Gasteiger partial charge in [0.05, 0.1) is 12.0 Å². The number of benzene rings is 2. The summed E-state index contributed by atoms with van der Waals surface area (Å²) in [6.07, 6.45) is 0.801. The van der Waals surface area contributed by atoms with Crippen LogP contribution >= 0.6 is 9.24 Å². The molecule has 0 aromatic heterocycles. The van der Waals surface area contributed by atoms with Crippen LogP contribution in [0.25, 0.3) is 5.70 Å². The molecule has 0 amide bonds. The van der Waals surface area contributed by atoms with E-state index in [-0.39, 0.29) is 12.6 Å². The van der Waals surface area contributed by atoms with Crippen LogP contribution in [-0.4, -0.2) is 32.2 Å². The molecule has 0 fully saturated rings. The maximum atomic E-state index is 12.9. The first-order valence-corrected chi connectivity index (χ1v) is 9.85. The molecule has 150 valence electrons. The fraction of sp³-hybridized carbons (Fsp3) is 0.318. The third-order valence-electron chi connectivity index (χ3n) is 4.16. The molecule has 0 radical (unpaired) electrons. The van der Waals surface area contributed by atoms with Crippen LogP contribution in [0, 0.1) is 0 Å². The smallest absolute Gasteiger partial charge is 0.131 e. The lowest BCUT2D eigenvalue weighted by Crippen LogP contribution is -2.29. The molecule has 1 N–H and O–H groups in total. The molecule has 6 heteroatoms. The maximum absolute atomic E-state index is 12.9. The first-order chi connectivity index (χ1) is 13.3. The normalized spacial score (nSPS) is 12.2. The summed E-state index contributed by atoms with van der Waals surface area (Å²) in [4.78, 5) is 6.62. The lowest BCUT2D eigenvalue weighted by Gasteiger charge is -2.24. The van der Waals surface area contributed by atoms with Gasteiger partial charge in [0, 0.05) is 30.0 Å². The molecule has 0 spiro atoms. The van der Waals surface area contributed by atoms with Gasteiger partial charge in [0.25, 0.3) is 0 Å². The van der Waals surface area contributed by atoms with Crippen molar-refractivity contribution >= 4 is 38.0 Å². The second-order valence-electron chi connectivity index (χ2n) is 6.83. The highest BCUT2D eigenvalue weighted by molar-refractivity contribution is 7.28. The molecule has 2 aromatic rings. The van der Waals surface area contributed by atoms with Crippen molar-refractivity contribution in [2.45, 2.75) is 33.0 Å². The molecule has 0 saturated heterocycles. The Bertz CT molecular complexity index is 819. The zero-order valence-electron chi connectivity index (χ0n) is 16.9. The topological polar surface area (TPSA) is 36.9 Å². The summed E-state index contributed by atoms with van der Waals surface area (Å²) < 4.78 is 18.3. The Hall–Kier alpha value is -2.39. The molecule has 2 rings (SSSR count). The van der Waals surface area contributed by atoms with Crippen LogP contribution in [0.3, 0.4) is 0 Å². The van der Waals surface area contributed by atoms with Gasteiger partial charge in [-0.05, 0) is 62.5 Å². The van der Waals surface area contributed by atoms with Crippen LogP contribution in [0.5, 0.6) is 5.75 Å². The van der Waals surface area contributed by atoms with Gasteiger partial charge in [0.2, 0.25) is 0 Å². The summed E-state index contributed by atoms with van der Waals surface area (Å²) in [5.41, 5.74) is 3.69. The Kier molecular flexibility index (Phi) is 8.01. The summed E-state index contributed by atoms with van der Waals surface area (Å²) in [5.74, 6) is 0.649. The molecule has 0 heterocycles. The summed E-state index contributed by atoms with van der Waals surface area (Å²) in [7, 11) is 4.61. The van der Waals surface area contributed by atoms with E-state index in [9.17, 15) is 4.39 Å². The standard InChI is InChI=1S/C22H29FN3OP/c1-15(2)26(19-7-9-20(10-8-19)27-13-16(3)23)14-25-17(4)18-6-11-21(24-5)22(28)12-18/h6-12,14-16,24H,4,13,28H2,1-3,5H3. The first-order valence-electron chi connectivity index (χ1n) is 9.27. The maximum Gasteiger partial charge on any atom is 0.131 e. The quantitative estimate of drug-likeness (QED) is 0.370. The highest BCUT2D eigenvalue weighted by Crippen LogP contribution is 2.22. The lowest BCUT2D eigenvalue weighted by atomic mass is 10.1. The van der Waals surface area contributed by atoms with Gasteiger partial charge in [-0.2, -0.15) is 0 Å². The number of anilines is 2. The lowest BCUT2D eigenvalue weighted by molar-refractivity contribution is 0.210. The van der Waals surface area contributed by atoms with Crippen molar-refractivity contribution in [3.05, 3.63) is 54.6 Å².